The normalized spacial score (nSPS) is 11.3. The van der Waals surface area contributed by atoms with Crippen LogP contribution in [0.1, 0.15) is 15.4 Å². The fourth-order valence-electron chi connectivity index (χ4n) is 3.18. The number of thiophene rings is 1. The summed E-state index contributed by atoms with van der Waals surface area (Å²) in [5, 5.41) is 9.46. The molecule has 3 heterocycles. The smallest absolute Gasteiger partial charge is 0.268 e. The Labute approximate surface area is 184 Å². The van der Waals surface area contributed by atoms with E-state index in [9.17, 15) is 4.79 Å². The number of rotatable bonds is 4. The number of nitrogens with zero attached hydrogens (tertiary/aromatic N) is 3. The lowest BCUT2D eigenvalue weighted by atomic mass is 10.2. The van der Waals surface area contributed by atoms with Gasteiger partial charge in [0, 0.05) is 16.2 Å². The maximum atomic E-state index is 13.0. The zero-order valence-electron chi connectivity index (χ0n) is 16.0. The Bertz CT molecular complexity index is 1420. The van der Waals surface area contributed by atoms with Gasteiger partial charge >= 0.3 is 0 Å². The molecule has 6 nitrogen and oxygen atoms in total. The van der Waals surface area contributed by atoms with Crippen LogP contribution in [0, 0.1) is 6.92 Å². The highest BCUT2D eigenvalue weighted by atomic mass is 35.5. The number of anilines is 1. The van der Waals surface area contributed by atoms with Gasteiger partial charge in [0.05, 0.1) is 28.0 Å². The highest BCUT2D eigenvalue weighted by Crippen LogP contribution is 2.36. The molecule has 0 aliphatic rings. The van der Waals surface area contributed by atoms with E-state index in [0.717, 1.165) is 31.7 Å². The summed E-state index contributed by atoms with van der Waals surface area (Å²) in [5.41, 5.74) is 1.61. The minimum atomic E-state index is -0.273. The van der Waals surface area contributed by atoms with Crippen molar-refractivity contribution in [3.05, 3.63) is 64.1 Å². The standard InChI is InChI=1S/C21H15ClN4O2S2/c1-11-9-17(24-20(27)19-18(22)13-5-3-4-6-15(13)29-19)26(25-11)21-23-14-8-7-12(28-2)10-16(14)30-21/h3-10H,1-2H3,(H,24,27). The molecule has 9 heteroatoms. The van der Waals surface area contributed by atoms with E-state index in [2.05, 4.69) is 15.4 Å². The second-order valence-electron chi connectivity index (χ2n) is 6.61. The van der Waals surface area contributed by atoms with Crippen LogP contribution in [0.15, 0.2) is 48.5 Å². The maximum absolute atomic E-state index is 13.0. The summed E-state index contributed by atoms with van der Waals surface area (Å²) in [5.74, 6) is 1.03. The highest BCUT2D eigenvalue weighted by molar-refractivity contribution is 7.21. The molecular weight excluding hydrogens is 440 g/mol. The van der Waals surface area contributed by atoms with E-state index in [1.165, 1.54) is 22.7 Å². The van der Waals surface area contributed by atoms with Crippen LogP contribution in [0.3, 0.4) is 0 Å². The van der Waals surface area contributed by atoms with Crippen LogP contribution < -0.4 is 10.1 Å². The van der Waals surface area contributed by atoms with E-state index >= 15 is 0 Å². The number of halogens is 1. The van der Waals surface area contributed by atoms with E-state index < -0.39 is 0 Å². The van der Waals surface area contributed by atoms with Crippen LogP contribution in [-0.4, -0.2) is 27.8 Å². The van der Waals surface area contributed by atoms with Gasteiger partial charge in [-0.15, -0.1) is 11.3 Å². The summed E-state index contributed by atoms with van der Waals surface area (Å²) < 4.78 is 8.88. The van der Waals surface area contributed by atoms with E-state index in [1.54, 1.807) is 11.8 Å². The van der Waals surface area contributed by atoms with Crippen molar-refractivity contribution in [2.45, 2.75) is 6.92 Å². The van der Waals surface area contributed by atoms with Gasteiger partial charge in [0.25, 0.3) is 5.91 Å². The number of methoxy groups -OCH3 is 1. The summed E-state index contributed by atoms with van der Waals surface area (Å²) in [4.78, 5) is 18.1. The molecule has 0 saturated carbocycles. The molecule has 2 aromatic carbocycles. The molecule has 0 aliphatic carbocycles. The number of thiazole rings is 1. The Morgan fingerprint density at radius 1 is 1.13 bits per heavy atom. The number of hydrogen-bond acceptors (Lipinski definition) is 6. The lowest BCUT2D eigenvalue weighted by molar-refractivity contribution is 0.103. The van der Waals surface area contributed by atoms with Gasteiger partial charge in [-0.3, -0.25) is 4.79 Å². The number of hydrogen-bond donors (Lipinski definition) is 1. The number of ether oxygens (including phenoxy) is 1. The lowest BCUT2D eigenvalue weighted by Gasteiger charge is -2.05. The van der Waals surface area contributed by atoms with Crippen molar-refractivity contribution in [3.63, 3.8) is 0 Å². The summed E-state index contributed by atoms with van der Waals surface area (Å²) in [6.07, 6.45) is 0. The van der Waals surface area contributed by atoms with Crippen molar-refractivity contribution >= 4 is 66.3 Å². The molecule has 0 fully saturated rings. The average Bonchev–Trinajstić information content (AvgIpc) is 3.42. The number of fused-ring (bicyclic) bond motifs is 2. The first-order valence-electron chi connectivity index (χ1n) is 9.03. The van der Waals surface area contributed by atoms with Gasteiger partial charge in [0.2, 0.25) is 5.13 Å². The van der Waals surface area contributed by atoms with Gasteiger partial charge in [-0.25, -0.2) is 4.98 Å². The number of carbonyl (C=O) groups is 1. The van der Waals surface area contributed by atoms with Gasteiger partial charge in [-0.2, -0.15) is 9.78 Å². The maximum Gasteiger partial charge on any atom is 0.268 e. The number of benzene rings is 2. The average molecular weight is 455 g/mol. The number of aromatic nitrogens is 3. The van der Waals surface area contributed by atoms with Crippen molar-refractivity contribution in [2.75, 3.05) is 12.4 Å². The number of nitrogens with one attached hydrogen (secondary N) is 1. The molecule has 30 heavy (non-hydrogen) atoms. The molecule has 0 unspecified atom stereocenters. The summed E-state index contributed by atoms with van der Waals surface area (Å²) in [6, 6.07) is 15.2. The minimum absolute atomic E-state index is 0.273. The predicted molar refractivity (Wildman–Crippen MR) is 123 cm³/mol. The number of carbonyl (C=O) groups excluding carboxylic acids is 1. The summed E-state index contributed by atoms with van der Waals surface area (Å²) >= 11 is 9.31. The minimum Gasteiger partial charge on any atom is -0.497 e. The van der Waals surface area contributed by atoms with Gasteiger partial charge < -0.3 is 10.1 Å². The summed E-state index contributed by atoms with van der Waals surface area (Å²) in [6.45, 7) is 1.87. The Kier molecular flexibility index (Phi) is 4.69. The molecule has 0 radical (unpaired) electrons. The molecule has 3 aromatic heterocycles. The predicted octanol–water partition coefficient (Wildman–Crippen LogP) is 5.92. The first-order valence-corrected chi connectivity index (χ1v) is 11.0. The van der Waals surface area contributed by atoms with E-state index in [1.807, 2.05) is 55.5 Å². The third-order valence-corrected chi connectivity index (χ3v) is 7.25. The Hall–Kier alpha value is -2.94. The second-order valence-corrected chi connectivity index (χ2v) is 9.05. The van der Waals surface area contributed by atoms with Gasteiger partial charge in [-0.1, -0.05) is 41.1 Å². The van der Waals surface area contributed by atoms with Crippen molar-refractivity contribution in [2.24, 2.45) is 0 Å². The van der Waals surface area contributed by atoms with E-state index in [-0.39, 0.29) is 5.91 Å². The molecule has 1 amide bonds. The molecule has 150 valence electrons. The SMILES string of the molecule is COc1ccc2nc(-n3nc(C)cc3NC(=O)c3sc4ccccc4c3Cl)sc2c1. The molecule has 0 atom stereocenters. The van der Waals surface area contributed by atoms with Gasteiger partial charge in [0.1, 0.15) is 16.4 Å². The zero-order chi connectivity index (χ0) is 20.8. The van der Waals surface area contributed by atoms with Gasteiger partial charge in [0.15, 0.2) is 0 Å². The fourth-order valence-corrected chi connectivity index (χ4v) is 5.55. The van der Waals surface area contributed by atoms with Crippen molar-refractivity contribution in [1.29, 1.82) is 0 Å². The number of aryl methyl sites for hydroxylation is 1. The molecule has 0 bridgehead atoms. The molecule has 0 aliphatic heterocycles. The van der Waals surface area contributed by atoms with Crippen LogP contribution in [0.2, 0.25) is 5.02 Å². The molecule has 1 N–H and O–H groups in total. The number of amides is 1. The zero-order valence-corrected chi connectivity index (χ0v) is 18.4. The first kappa shape index (κ1) is 19.0. The Balaban J connectivity index is 1.52. The van der Waals surface area contributed by atoms with Crippen molar-refractivity contribution in [3.8, 4) is 10.9 Å². The van der Waals surface area contributed by atoms with Gasteiger partial charge in [-0.05, 0) is 31.2 Å². The molecule has 0 saturated heterocycles. The van der Waals surface area contributed by atoms with Crippen LogP contribution in [0.4, 0.5) is 5.82 Å². The molecule has 5 aromatic rings. The van der Waals surface area contributed by atoms with Crippen molar-refractivity contribution < 1.29 is 9.53 Å². The third kappa shape index (κ3) is 3.23. The monoisotopic (exact) mass is 454 g/mol. The van der Waals surface area contributed by atoms with Crippen LogP contribution >= 0.6 is 34.3 Å². The second kappa shape index (κ2) is 7.39. The fraction of sp³-hybridized carbons (Fsp3) is 0.0952. The lowest BCUT2D eigenvalue weighted by Crippen LogP contribution is -2.14. The van der Waals surface area contributed by atoms with Crippen LogP contribution in [0.5, 0.6) is 5.75 Å². The highest BCUT2D eigenvalue weighted by Gasteiger charge is 2.20. The van der Waals surface area contributed by atoms with Crippen molar-refractivity contribution in [1.82, 2.24) is 14.8 Å². The largest absolute Gasteiger partial charge is 0.497 e. The first-order chi connectivity index (χ1) is 14.5. The molecule has 0 spiro atoms. The van der Waals surface area contributed by atoms with Crippen LogP contribution in [-0.2, 0) is 0 Å². The Morgan fingerprint density at radius 2 is 1.97 bits per heavy atom. The molecule has 5 rings (SSSR count). The van der Waals surface area contributed by atoms with Crippen LogP contribution in [0.25, 0.3) is 25.4 Å². The quantitative estimate of drug-likeness (QED) is 0.366. The topological polar surface area (TPSA) is 69.0 Å². The Morgan fingerprint density at radius 3 is 2.77 bits per heavy atom. The van der Waals surface area contributed by atoms with E-state index in [0.29, 0.717) is 20.8 Å². The third-order valence-electron chi connectivity index (χ3n) is 4.58. The summed E-state index contributed by atoms with van der Waals surface area (Å²) in [7, 11) is 1.63. The molecular formula is C21H15ClN4O2S2. The van der Waals surface area contributed by atoms with E-state index in [4.69, 9.17) is 16.3 Å².